The monoisotopic (exact) mass is 528 g/mol. The second kappa shape index (κ2) is 10.1. The molecule has 0 radical (unpaired) electrons. The lowest BCUT2D eigenvalue weighted by molar-refractivity contribution is -0.137. The van der Waals surface area contributed by atoms with E-state index in [1.807, 2.05) is 22.6 Å². The zero-order chi connectivity index (χ0) is 27.2. The maximum absolute atomic E-state index is 13.5. The van der Waals surface area contributed by atoms with Crippen molar-refractivity contribution in [3.8, 4) is 17.0 Å². The van der Waals surface area contributed by atoms with Crippen molar-refractivity contribution in [3.63, 3.8) is 0 Å². The van der Waals surface area contributed by atoms with Crippen LogP contribution in [0.5, 0.6) is 5.75 Å². The molecule has 2 fully saturated rings. The van der Waals surface area contributed by atoms with Gasteiger partial charge in [0.15, 0.2) is 12.4 Å². The average molecular weight is 529 g/mol. The summed E-state index contributed by atoms with van der Waals surface area (Å²) in [4.78, 5) is 19.2. The first-order valence-corrected chi connectivity index (χ1v) is 12.8. The van der Waals surface area contributed by atoms with E-state index in [-0.39, 0.29) is 24.4 Å². The summed E-state index contributed by atoms with van der Waals surface area (Å²) in [6.07, 6.45) is -1.87. The fourth-order valence-corrected chi connectivity index (χ4v) is 5.20. The van der Waals surface area contributed by atoms with E-state index >= 15 is 0 Å². The van der Waals surface area contributed by atoms with Crippen LogP contribution in [0.1, 0.15) is 49.9 Å². The second-order valence-corrected chi connectivity index (χ2v) is 10.1. The number of aromatic nitrogens is 3. The van der Waals surface area contributed by atoms with Crippen molar-refractivity contribution in [3.05, 3.63) is 47.7 Å². The standard InChI is InChI=1S/C28H31F3N4O3/c1-5-37-15-38-23-12-19(28(29,30)31)10-17(4)25(23)22-9-8-21-26(16(2)3)35(33-27(21)32-22)14-18-11-24(36)34(13-18)20-6-7-20/h8-10,12,18,20H,2,5-7,11,13-15H2,1,3-4H3. The molecule has 202 valence electrons. The Morgan fingerprint density at radius 2 is 2.00 bits per heavy atom. The van der Waals surface area contributed by atoms with Gasteiger partial charge >= 0.3 is 6.18 Å². The molecule has 7 nitrogen and oxygen atoms in total. The zero-order valence-electron chi connectivity index (χ0n) is 21.8. The van der Waals surface area contributed by atoms with Gasteiger partial charge in [-0.15, -0.1) is 0 Å². The fourth-order valence-electron chi connectivity index (χ4n) is 5.20. The Morgan fingerprint density at radius 1 is 1.24 bits per heavy atom. The van der Waals surface area contributed by atoms with Crippen LogP contribution in [0.25, 0.3) is 27.9 Å². The van der Waals surface area contributed by atoms with Crippen LogP contribution in [0, 0.1) is 12.8 Å². The van der Waals surface area contributed by atoms with E-state index in [4.69, 9.17) is 19.6 Å². The first-order valence-electron chi connectivity index (χ1n) is 12.8. The Bertz CT molecular complexity index is 1390. The number of ether oxygens (including phenoxy) is 2. The maximum Gasteiger partial charge on any atom is 0.416 e. The van der Waals surface area contributed by atoms with Crippen molar-refractivity contribution in [2.75, 3.05) is 19.9 Å². The highest BCUT2D eigenvalue weighted by molar-refractivity contribution is 5.89. The second-order valence-electron chi connectivity index (χ2n) is 10.1. The van der Waals surface area contributed by atoms with Crippen LogP contribution >= 0.6 is 0 Å². The molecule has 1 aromatic carbocycles. The van der Waals surface area contributed by atoms with Crippen molar-refractivity contribution in [2.24, 2.45) is 5.92 Å². The Kier molecular flexibility index (Phi) is 6.94. The molecule has 1 saturated carbocycles. The van der Waals surface area contributed by atoms with E-state index in [9.17, 15) is 18.0 Å². The molecular weight excluding hydrogens is 497 g/mol. The number of benzene rings is 1. The molecule has 1 atom stereocenters. The third-order valence-corrected chi connectivity index (χ3v) is 7.05. The predicted octanol–water partition coefficient (Wildman–Crippen LogP) is 5.84. The normalized spacial score (nSPS) is 18.0. The summed E-state index contributed by atoms with van der Waals surface area (Å²) < 4.78 is 53.3. The Morgan fingerprint density at radius 3 is 2.66 bits per heavy atom. The molecule has 1 amide bonds. The number of hydrogen-bond donors (Lipinski definition) is 0. The number of halogens is 3. The summed E-state index contributed by atoms with van der Waals surface area (Å²) in [6.45, 7) is 10.9. The highest BCUT2D eigenvalue weighted by atomic mass is 19.4. The molecule has 0 N–H and O–H groups in total. The molecule has 1 aliphatic heterocycles. The van der Waals surface area contributed by atoms with E-state index < -0.39 is 11.7 Å². The van der Waals surface area contributed by atoms with Gasteiger partial charge < -0.3 is 14.4 Å². The lowest BCUT2D eigenvalue weighted by atomic mass is 9.99. The first kappa shape index (κ1) is 26.2. The number of rotatable bonds is 9. The quantitative estimate of drug-likeness (QED) is 0.258. The number of carbonyl (C=O) groups excluding carboxylic acids is 1. The van der Waals surface area contributed by atoms with Crippen molar-refractivity contribution < 1.29 is 27.4 Å². The van der Waals surface area contributed by atoms with Gasteiger partial charge in [0.05, 0.1) is 17.0 Å². The van der Waals surface area contributed by atoms with E-state index in [0.717, 1.165) is 48.2 Å². The highest BCUT2D eigenvalue weighted by Gasteiger charge is 2.39. The summed E-state index contributed by atoms with van der Waals surface area (Å²) in [6, 6.07) is 6.09. The van der Waals surface area contributed by atoms with Gasteiger partial charge in [-0.05, 0) is 69.0 Å². The highest BCUT2D eigenvalue weighted by Crippen LogP contribution is 2.40. The van der Waals surface area contributed by atoms with Gasteiger partial charge in [0, 0.05) is 49.0 Å². The number of aryl methyl sites for hydroxylation is 1. The van der Waals surface area contributed by atoms with Crippen LogP contribution in [0.3, 0.4) is 0 Å². The van der Waals surface area contributed by atoms with Gasteiger partial charge in [-0.2, -0.15) is 18.3 Å². The van der Waals surface area contributed by atoms with Gasteiger partial charge in [-0.3, -0.25) is 9.48 Å². The number of nitrogens with zero attached hydrogens (tertiary/aromatic N) is 4. The van der Waals surface area contributed by atoms with E-state index in [1.54, 1.807) is 19.9 Å². The van der Waals surface area contributed by atoms with Crippen molar-refractivity contribution in [1.29, 1.82) is 0 Å². The molecular formula is C28H31F3N4O3. The molecule has 0 spiro atoms. The van der Waals surface area contributed by atoms with E-state index in [0.29, 0.717) is 48.1 Å². The number of hydrogen-bond acceptors (Lipinski definition) is 5. The molecule has 5 rings (SSSR count). The number of likely N-dealkylation sites (tertiary alicyclic amines) is 1. The summed E-state index contributed by atoms with van der Waals surface area (Å²) in [5.74, 6) is 0.386. The fraction of sp³-hybridized carbons (Fsp3) is 0.464. The number of alkyl halides is 3. The smallest absolute Gasteiger partial charge is 0.416 e. The summed E-state index contributed by atoms with van der Waals surface area (Å²) in [5, 5.41) is 5.55. The molecule has 10 heteroatoms. The Labute approximate surface area is 219 Å². The molecule has 2 aliphatic rings. The number of fused-ring (bicyclic) bond motifs is 1. The summed E-state index contributed by atoms with van der Waals surface area (Å²) in [7, 11) is 0. The Balaban J connectivity index is 1.52. The minimum Gasteiger partial charge on any atom is -0.467 e. The van der Waals surface area contributed by atoms with Crippen LogP contribution in [0.15, 0.2) is 30.8 Å². The van der Waals surface area contributed by atoms with Crippen LogP contribution in [-0.2, 0) is 22.3 Å². The predicted molar refractivity (Wildman–Crippen MR) is 137 cm³/mol. The molecule has 3 aromatic rings. The van der Waals surface area contributed by atoms with Crippen LogP contribution < -0.4 is 4.74 Å². The molecule has 3 heterocycles. The molecule has 38 heavy (non-hydrogen) atoms. The third kappa shape index (κ3) is 5.14. The number of amides is 1. The van der Waals surface area contributed by atoms with Gasteiger partial charge in [-0.25, -0.2) is 4.98 Å². The van der Waals surface area contributed by atoms with Crippen LogP contribution in [0.4, 0.5) is 13.2 Å². The largest absolute Gasteiger partial charge is 0.467 e. The molecule has 1 aliphatic carbocycles. The zero-order valence-corrected chi connectivity index (χ0v) is 21.8. The SMILES string of the molecule is C=C(C)c1c2ccc(-c3c(C)cc(C(F)(F)F)cc3OCOCC)nc2nn1CC1CC(=O)N(C2CC2)C1. The lowest BCUT2D eigenvalue weighted by Gasteiger charge is -2.17. The number of carbonyl (C=O) groups is 1. The maximum atomic E-state index is 13.5. The van der Waals surface area contributed by atoms with Crippen LogP contribution in [-0.4, -0.2) is 51.6 Å². The van der Waals surface area contributed by atoms with Crippen LogP contribution in [0.2, 0.25) is 0 Å². The summed E-state index contributed by atoms with van der Waals surface area (Å²) >= 11 is 0. The van der Waals surface area contributed by atoms with Gasteiger partial charge in [0.1, 0.15) is 5.75 Å². The minimum atomic E-state index is -4.52. The lowest BCUT2D eigenvalue weighted by Crippen LogP contribution is -2.27. The molecule has 1 saturated heterocycles. The minimum absolute atomic E-state index is 0.0433. The van der Waals surface area contributed by atoms with Gasteiger partial charge in [-0.1, -0.05) is 6.58 Å². The molecule has 1 unspecified atom stereocenters. The van der Waals surface area contributed by atoms with Crippen molar-refractivity contribution >= 4 is 22.5 Å². The third-order valence-electron chi connectivity index (χ3n) is 7.05. The summed E-state index contributed by atoms with van der Waals surface area (Å²) in [5.41, 5.74) is 2.59. The van der Waals surface area contributed by atoms with Gasteiger partial charge in [0.2, 0.25) is 5.91 Å². The van der Waals surface area contributed by atoms with E-state index in [2.05, 4.69) is 6.58 Å². The topological polar surface area (TPSA) is 69.5 Å². The number of allylic oxidation sites excluding steroid dienone is 1. The first-order chi connectivity index (χ1) is 18.1. The van der Waals surface area contributed by atoms with Gasteiger partial charge in [0.25, 0.3) is 0 Å². The number of pyridine rings is 1. The van der Waals surface area contributed by atoms with Crippen molar-refractivity contribution in [1.82, 2.24) is 19.7 Å². The van der Waals surface area contributed by atoms with E-state index in [1.165, 1.54) is 0 Å². The molecule has 2 aromatic heterocycles. The average Bonchev–Trinajstić information content (AvgIpc) is 3.52. The molecule has 0 bridgehead atoms. The van der Waals surface area contributed by atoms with Crippen molar-refractivity contribution in [2.45, 2.75) is 58.8 Å². The Hall–Kier alpha value is -3.40.